The number of sulfonamides is 1. The third kappa shape index (κ3) is 4.87. The molecule has 6 heteroatoms. The summed E-state index contributed by atoms with van der Waals surface area (Å²) in [6, 6.07) is 13.0. The summed E-state index contributed by atoms with van der Waals surface area (Å²) in [5, 5.41) is 3.09. The summed E-state index contributed by atoms with van der Waals surface area (Å²) in [5.74, 6) is -0.418. The van der Waals surface area contributed by atoms with Gasteiger partial charge in [0.2, 0.25) is 15.9 Å². The van der Waals surface area contributed by atoms with Crippen LogP contribution in [-0.4, -0.2) is 31.7 Å². The molecule has 0 bridgehead atoms. The highest BCUT2D eigenvalue weighted by Gasteiger charge is 2.33. The van der Waals surface area contributed by atoms with Crippen molar-refractivity contribution < 1.29 is 13.2 Å². The van der Waals surface area contributed by atoms with Gasteiger partial charge in [-0.2, -0.15) is 4.31 Å². The average molecular weight is 415 g/mol. The fourth-order valence-electron chi connectivity index (χ4n) is 3.87. The van der Waals surface area contributed by atoms with Crippen molar-refractivity contribution in [1.29, 1.82) is 0 Å². The molecule has 5 nitrogen and oxygen atoms in total. The van der Waals surface area contributed by atoms with Crippen LogP contribution >= 0.6 is 0 Å². The first-order valence-corrected chi connectivity index (χ1v) is 11.6. The molecule has 29 heavy (non-hydrogen) atoms. The number of hydrogen-bond donors (Lipinski definition) is 1. The van der Waals surface area contributed by atoms with E-state index >= 15 is 0 Å². The highest BCUT2D eigenvalue weighted by molar-refractivity contribution is 7.89. The summed E-state index contributed by atoms with van der Waals surface area (Å²) < 4.78 is 27.4. The molecule has 156 valence electrons. The third-order valence-electron chi connectivity index (χ3n) is 5.67. The Morgan fingerprint density at radius 3 is 2.41 bits per heavy atom. The van der Waals surface area contributed by atoms with Crippen LogP contribution in [0.3, 0.4) is 0 Å². The Balaban J connectivity index is 1.70. The van der Waals surface area contributed by atoms with Crippen molar-refractivity contribution >= 4 is 15.9 Å². The van der Waals surface area contributed by atoms with E-state index in [9.17, 15) is 13.2 Å². The summed E-state index contributed by atoms with van der Waals surface area (Å²) >= 11 is 0. The van der Waals surface area contributed by atoms with E-state index in [0.717, 1.165) is 22.3 Å². The lowest BCUT2D eigenvalue weighted by Crippen LogP contribution is -2.45. The van der Waals surface area contributed by atoms with E-state index in [1.165, 1.54) is 4.31 Å². The van der Waals surface area contributed by atoms with Gasteiger partial charge in [0.25, 0.3) is 0 Å². The first kappa shape index (κ1) is 21.5. The van der Waals surface area contributed by atoms with Gasteiger partial charge in [0.05, 0.1) is 16.9 Å². The van der Waals surface area contributed by atoms with Gasteiger partial charge in [-0.1, -0.05) is 41.5 Å². The molecular formula is C23H30N2O3S. The molecule has 2 atom stereocenters. The zero-order valence-electron chi connectivity index (χ0n) is 17.6. The van der Waals surface area contributed by atoms with Gasteiger partial charge in [0.1, 0.15) is 0 Å². The SMILES string of the molecule is Cc1ccc(S(=O)(=O)N2CCC[C@@H](C(=O)N[C@H](C)c3cc(C)ccc3C)C2)cc1. The Kier molecular flexibility index (Phi) is 6.44. The number of nitrogens with one attached hydrogen (secondary N) is 1. The fourth-order valence-corrected chi connectivity index (χ4v) is 5.39. The lowest BCUT2D eigenvalue weighted by atomic mass is 9.96. The molecule has 1 fully saturated rings. The Bertz CT molecular complexity index is 984. The van der Waals surface area contributed by atoms with Crippen molar-refractivity contribution in [3.63, 3.8) is 0 Å². The number of piperidine rings is 1. The molecule has 0 radical (unpaired) electrons. The normalized spacial score (nSPS) is 19.0. The molecule has 2 aromatic carbocycles. The minimum Gasteiger partial charge on any atom is -0.349 e. The molecule has 1 aliphatic heterocycles. The highest BCUT2D eigenvalue weighted by atomic mass is 32.2. The number of nitrogens with zero attached hydrogens (tertiary/aromatic N) is 1. The lowest BCUT2D eigenvalue weighted by Gasteiger charge is -2.32. The van der Waals surface area contributed by atoms with Gasteiger partial charge in [-0.05, 0) is 63.8 Å². The molecule has 1 saturated heterocycles. The van der Waals surface area contributed by atoms with Gasteiger partial charge in [0.15, 0.2) is 0 Å². The standard InChI is InChI=1S/C23H30N2O3S/c1-16-8-11-21(12-9-16)29(27,28)25-13-5-6-20(15-25)23(26)24-19(4)22-14-17(2)7-10-18(22)3/h7-12,14,19-20H,5-6,13,15H2,1-4H3,(H,24,26)/t19-,20-/m1/s1. The second-order valence-corrected chi connectivity index (χ2v) is 10.0. The number of carbonyl (C=O) groups excluding carboxylic acids is 1. The van der Waals surface area contributed by atoms with Crippen molar-refractivity contribution in [3.8, 4) is 0 Å². The van der Waals surface area contributed by atoms with Crippen LogP contribution in [0.4, 0.5) is 0 Å². The van der Waals surface area contributed by atoms with Gasteiger partial charge in [-0.15, -0.1) is 0 Å². The monoisotopic (exact) mass is 414 g/mol. The maximum atomic E-state index is 13.0. The van der Waals surface area contributed by atoms with E-state index in [0.29, 0.717) is 19.4 Å². The average Bonchev–Trinajstić information content (AvgIpc) is 2.70. The smallest absolute Gasteiger partial charge is 0.243 e. The van der Waals surface area contributed by atoms with E-state index < -0.39 is 10.0 Å². The Morgan fingerprint density at radius 2 is 1.72 bits per heavy atom. The van der Waals surface area contributed by atoms with Crippen molar-refractivity contribution in [2.45, 2.75) is 51.5 Å². The molecule has 3 rings (SSSR count). The molecule has 1 heterocycles. The van der Waals surface area contributed by atoms with Crippen LogP contribution in [0.1, 0.15) is 48.1 Å². The summed E-state index contributed by atoms with van der Waals surface area (Å²) in [5.41, 5.74) is 4.40. The number of rotatable bonds is 5. The first-order chi connectivity index (χ1) is 13.7. The summed E-state index contributed by atoms with van der Waals surface area (Å²) in [6.07, 6.45) is 1.38. The van der Waals surface area contributed by atoms with Crippen molar-refractivity contribution in [3.05, 3.63) is 64.7 Å². The minimum atomic E-state index is -3.58. The zero-order valence-corrected chi connectivity index (χ0v) is 18.4. The van der Waals surface area contributed by atoms with Crippen molar-refractivity contribution in [2.24, 2.45) is 5.92 Å². The fraction of sp³-hybridized carbons (Fsp3) is 0.435. The summed E-state index contributed by atoms with van der Waals surface area (Å²) in [6.45, 7) is 8.65. The van der Waals surface area contributed by atoms with E-state index in [1.807, 2.05) is 27.7 Å². The van der Waals surface area contributed by atoms with Crippen molar-refractivity contribution in [1.82, 2.24) is 9.62 Å². The van der Waals surface area contributed by atoms with Crippen LogP contribution < -0.4 is 5.32 Å². The topological polar surface area (TPSA) is 66.5 Å². The molecule has 0 aromatic heterocycles. The quantitative estimate of drug-likeness (QED) is 0.807. The third-order valence-corrected chi connectivity index (χ3v) is 7.55. The molecular weight excluding hydrogens is 384 g/mol. The molecule has 0 aliphatic carbocycles. The van der Waals surface area contributed by atoms with E-state index in [4.69, 9.17) is 0 Å². The van der Waals surface area contributed by atoms with Crippen molar-refractivity contribution in [2.75, 3.05) is 13.1 Å². The van der Waals surface area contributed by atoms with E-state index in [2.05, 4.69) is 23.5 Å². The Labute approximate surface area is 174 Å². The molecule has 0 unspecified atom stereocenters. The number of amides is 1. The predicted molar refractivity (Wildman–Crippen MR) is 115 cm³/mol. The second-order valence-electron chi connectivity index (χ2n) is 8.11. The molecule has 2 aromatic rings. The molecule has 1 amide bonds. The van der Waals surface area contributed by atoms with Gasteiger partial charge >= 0.3 is 0 Å². The van der Waals surface area contributed by atoms with Crippen LogP contribution in [-0.2, 0) is 14.8 Å². The summed E-state index contributed by atoms with van der Waals surface area (Å²) in [4.78, 5) is 13.2. The molecule has 1 N–H and O–H groups in total. The Morgan fingerprint density at radius 1 is 1.07 bits per heavy atom. The van der Waals surface area contributed by atoms with Crippen LogP contribution in [0.15, 0.2) is 47.4 Å². The van der Waals surface area contributed by atoms with Gasteiger partial charge in [-0.25, -0.2) is 8.42 Å². The number of hydrogen-bond acceptors (Lipinski definition) is 3. The zero-order chi connectivity index (χ0) is 21.2. The number of carbonyl (C=O) groups is 1. The van der Waals surface area contributed by atoms with Crippen LogP contribution in [0, 0.1) is 26.7 Å². The minimum absolute atomic E-state index is 0.0813. The molecule has 0 saturated carbocycles. The van der Waals surface area contributed by atoms with Gasteiger partial charge < -0.3 is 5.32 Å². The first-order valence-electron chi connectivity index (χ1n) is 10.1. The van der Waals surface area contributed by atoms with Gasteiger partial charge in [0, 0.05) is 13.1 Å². The maximum Gasteiger partial charge on any atom is 0.243 e. The van der Waals surface area contributed by atoms with E-state index in [1.54, 1.807) is 24.3 Å². The van der Waals surface area contributed by atoms with E-state index in [-0.39, 0.29) is 29.3 Å². The highest BCUT2D eigenvalue weighted by Crippen LogP contribution is 2.25. The van der Waals surface area contributed by atoms with Crippen LogP contribution in [0.5, 0.6) is 0 Å². The Hall–Kier alpha value is -2.18. The maximum absolute atomic E-state index is 13.0. The molecule has 1 aliphatic rings. The second kappa shape index (κ2) is 8.67. The predicted octanol–water partition coefficient (Wildman–Crippen LogP) is 3.89. The molecule has 0 spiro atoms. The largest absolute Gasteiger partial charge is 0.349 e. The van der Waals surface area contributed by atoms with Crippen LogP contribution in [0.25, 0.3) is 0 Å². The summed E-state index contributed by atoms with van der Waals surface area (Å²) in [7, 11) is -3.58. The number of benzene rings is 2. The number of aryl methyl sites for hydroxylation is 3. The van der Waals surface area contributed by atoms with Crippen LogP contribution in [0.2, 0.25) is 0 Å². The lowest BCUT2D eigenvalue weighted by molar-refractivity contribution is -0.126. The van der Waals surface area contributed by atoms with Gasteiger partial charge in [-0.3, -0.25) is 4.79 Å².